The molecule has 0 fully saturated rings. The van der Waals surface area contributed by atoms with Gasteiger partial charge in [-0.25, -0.2) is 9.97 Å². The fourth-order valence-electron chi connectivity index (χ4n) is 6.00. The van der Waals surface area contributed by atoms with Gasteiger partial charge in [-0.3, -0.25) is 4.98 Å². The Hall–Kier alpha value is -6.47. The largest absolute Gasteiger partial charge is 0.435 e. The standard InChI is InChI=1S/C39H23N5O2/c1-3-14-30-24(9-1)19-25-10-2-4-15-31(25)36(30)29-21-33(41-34(22-29)39-42-32-16-5-6-17-35(32)45-39)26-11-7-12-27(20-26)37-43-44-38(46-37)28-13-8-18-40-23-28/h1-23H. The Morgan fingerprint density at radius 2 is 1.15 bits per heavy atom. The first-order chi connectivity index (χ1) is 22.8. The van der Waals surface area contributed by atoms with Gasteiger partial charge in [0.25, 0.3) is 0 Å². The van der Waals surface area contributed by atoms with Crippen LogP contribution in [0.1, 0.15) is 0 Å². The Labute approximate surface area is 262 Å². The third-order valence-electron chi connectivity index (χ3n) is 8.14. The van der Waals surface area contributed by atoms with Gasteiger partial charge >= 0.3 is 0 Å². The maximum absolute atomic E-state index is 6.24. The molecule has 4 heterocycles. The highest BCUT2D eigenvalue weighted by atomic mass is 16.4. The van der Waals surface area contributed by atoms with E-state index in [9.17, 15) is 0 Å². The van der Waals surface area contributed by atoms with E-state index in [0.717, 1.165) is 49.8 Å². The monoisotopic (exact) mass is 593 g/mol. The van der Waals surface area contributed by atoms with E-state index in [1.165, 1.54) is 10.8 Å². The summed E-state index contributed by atoms with van der Waals surface area (Å²) in [6, 6.07) is 42.9. The third kappa shape index (κ3) is 4.50. The van der Waals surface area contributed by atoms with Crippen LogP contribution in [-0.2, 0) is 0 Å². The van der Waals surface area contributed by atoms with E-state index in [4.69, 9.17) is 18.8 Å². The molecule has 0 bridgehead atoms. The van der Waals surface area contributed by atoms with Crippen LogP contribution >= 0.6 is 0 Å². The Kier molecular flexibility index (Phi) is 5.99. The molecule has 216 valence electrons. The van der Waals surface area contributed by atoms with Crippen molar-refractivity contribution in [3.63, 3.8) is 0 Å². The minimum Gasteiger partial charge on any atom is -0.435 e. The molecule has 7 heteroatoms. The molecule has 9 rings (SSSR count). The van der Waals surface area contributed by atoms with Gasteiger partial charge in [-0.2, -0.15) is 0 Å². The normalized spacial score (nSPS) is 11.5. The van der Waals surface area contributed by atoms with Crippen molar-refractivity contribution in [3.05, 3.63) is 140 Å². The van der Waals surface area contributed by atoms with Gasteiger partial charge in [0.05, 0.1) is 11.3 Å². The summed E-state index contributed by atoms with van der Waals surface area (Å²) in [6.45, 7) is 0. The van der Waals surface area contributed by atoms with E-state index in [0.29, 0.717) is 28.9 Å². The zero-order chi connectivity index (χ0) is 30.5. The number of rotatable bonds is 5. The molecule has 0 atom stereocenters. The molecule has 5 aromatic carbocycles. The molecule has 0 saturated heterocycles. The van der Waals surface area contributed by atoms with Gasteiger partial charge in [0.1, 0.15) is 11.2 Å². The van der Waals surface area contributed by atoms with Gasteiger partial charge in [0.15, 0.2) is 5.58 Å². The quantitative estimate of drug-likeness (QED) is 0.184. The predicted molar refractivity (Wildman–Crippen MR) is 180 cm³/mol. The van der Waals surface area contributed by atoms with Crippen LogP contribution in [-0.4, -0.2) is 25.1 Å². The van der Waals surface area contributed by atoms with Crippen molar-refractivity contribution in [2.45, 2.75) is 0 Å². The van der Waals surface area contributed by atoms with E-state index in [1.807, 2.05) is 60.7 Å². The maximum atomic E-state index is 6.24. The second-order valence-electron chi connectivity index (χ2n) is 11.0. The van der Waals surface area contributed by atoms with Crippen LogP contribution < -0.4 is 0 Å². The van der Waals surface area contributed by atoms with E-state index in [1.54, 1.807) is 12.4 Å². The van der Waals surface area contributed by atoms with Gasteiger partial charge in [-0.05, 0) is 87.3 Å². The summed E-state index contributed by atoms with van der Waals surface area (Å²) in [5.74, 6) is 1.29. The van der Waals surface area contributed by atoms with Crippen molar-refractivity contribution in [3.8, 4) is 56.9 Å². The molecule has 0 aliphatic carbocycles. The van der Waals surface area contributed by atoms with Gasteiger partial charge in [0.2, 0.25) is 17.7 Å². The Bertz CT molecular complexity index is 2470. The van der Waals surface area contributed by atoms with Gasteiger partial charge in [-0.15, -0.1) is 10.2 Å². The summed E-state index contributed by atoms with van der Waals surface area (Å²) in [7, 11) is 0. The molecular weight excluding hydrogens is 570 g/mol. The first-order valence-corrected chi connectivity index (χ1v) is 14.9. The van der Waals surface area contributed by atoms with E-state index < -0.39 is 0 Å². The summed E-state index contributed by atoms with van der Waals surface area (Å²) < 4.78 is 12.3. The van der Waals surface area contributed by atoms with Crippen LogP contribution in [0.3, 0.4) is 0 Å². The highest BCUT2D eigenvalue weighted by Crippen LogP contribution is 2.40. The molecule has 0 unspecified atom stereocenters. The molecule has 0 spiro atoms. The van der Waals surface area contributed by atoms with Crippen LogP contribution in [0.2, 0.25) is 0 Å². The van der Waals surface area contributed by atoms with Gasteiger partial charge in [0, 0.05) is 23.5 Å². The molecule has 9 aromatic rings. The van der Waals surface area contributed by atoms with E-state index >= 15 is 0 Å². The molecule has 0 saturated carbocycles. The number of benzene rings is 5. The van der Waals surface area contributed by atoms with E-state index in [-0.39, 0.29) is 0 Å². The highest BCUT2D eigenvalue weighted by Gasteiger charge is 2.18. The second kappa shape index (κ2) is 10.6. The third-order valence-corrected chi connectivity index (χ3v) is 8.14. The number of nitrogens with zero attached hydrogens (tertiary/aromatic N) is 5. The number of hydrogen-bond donors (Lipinski definition) is 0. The zero-order valence-corrected chi connectivity index (χ0v) is 24.3. The zero-order valence-electron chi connectivity index (χ0n) is 24.3. The number of aromatic nitrogens is 5. The molecular formula is C39H23N5O2. The summed E-state index contributed by atoms with van der Waals surface area (Å²) >= 11 is 0. The van der Waals surface area contributed by atoms with Crippen molar-refractivity contribution in [2.24, 2.45) is 0 Å². The molecule has 0 radical (unpaired) electrons. The fourth-order valence-corrected chi connectivity index (χ4v) is 6.00. The first-order valence-electron chi connectivity index (χ1n) is 14.9. The first kappa shape index (κ1) is 26.0. The lowest BCUT2D eigenvalue weighted by Crippen LogP contribution is -1.93. The maximum Gasteiger partial charge on any atom is 0.249 e. The summed E-state index contributed by atoms with van der Waals surface area (Å²) in [5, 5.41) is 13.2. The minimum absolute atomic E-state index is 0.412. The smallest absolute Gasteiger partial charge is 0.249 e. The van der Waals surface area contributed by atoms with Crippen LogP contribution in [0.5, 0.6) is 0 Å². The number of fused-ring (bicyclic) bond motifs is 3. The second-order valence-corrected chi connectivity index (χ2v) is 11.0. The topological polar surface area (TPSA) is 90.7 Å². The average Bonchev–Trinajstić information content (AvgIpc) is 3.79. The number of hydrogen-bond acceptors (Lipinski definition) is 7. The van der Waals surface area contributed by atoms with Crippen LogP contribution in [0.15, 0.2) is 149 Å². The van der Waals surface area contributed by atoms with Gasteiger partial charge in [-0.1, -0.05) is 72.8 Å². The lowest BCUT2D eigenvalue weighted by atomic mass is 9.91. The number of oxazole rings is 1. The SMILES string of the molecule is c1cncc(-c2nnc(-c3cccc(-c4cc(-c5c6ccccc6cc6ccccc56)cc(-c5nc6ccccc6o5)n4)c3)o2)c1. The summed E-state index contributed by atoms with van der Waals surface area (Å²) in [4.78, 5) is 14.1. The Balaban J connectivity index is 1.25. The molecule has 0 amide bonds. The molecule has 0 aliphatic rings. The highest BCUT2D eigenvalue weighted by molar-refractivity contribution is 6.13. The van der Waals surface area contributed by atoms with Crippen molar-refractivity contribution in [1.82, 2.24) is 25.1 Å². The van der Waals surface area contributed by atoms with Crippen LogP contribution in [0, 0.1) is 0 Å². The lowest BCUT2D eigenvalue weighted by Gasteiger charge is -2.14. The minimum atomic E-state index is 0.412. The molecule has 0 N–H and O–H groups in total. The van der Waals surface area contributed by atoms with Crippen molar-refractivity contribution >= 4 is 32.6 Å². The number of pyridine rings is 2. The Morgan fingerprint density at radius 3 is 1.93 bits per heavy atom. The molecule has 4 aromatic heterocycles. The van der Waals surface area contributed by atoms with Crippen molar-refractivity contribution in [1.29, 1.82) is 0 Å². The predicted octanol–water partition coefficient (Wildman–Crippen LogP) is 9.64. The molecule has 46 heavy (non-hydrogen) atoms. The van der Waals surface area contributed by atoms with Gasteiger partial charge < -0.3 is 8.83 Å². The summed E-state index contributed by atoms with van der Waals surface area (Å²) in [5.41, 5.74) is 7.48. The molecule has 0 aliphatic heterocycles. The summed E-state index contributed by atoms with van der Waals surface area (Å²) in [6.07, 6.45) is 3.41. The molecule has 7 nitrogen and oxygen atoms in total. The van der Waals surface area contributed by atoms with Crippen LogP contribution in [0.4, 0.5) is 0 Å². The fraction of sp³-hybridized carbons (Fsp3) is 0. The average molecular weight is 594 g/mol. The Morgan fingerprint density at radius 1 is 0.457 bits per heavy atom. The lowest BCUT2D eigenvalue weighted by molar-refractivity contribution is 0.584. The van der Waals surface area contributed by atoms with Crippen molar-refractivity contribution < 1.29 is 8.83 Å². The van der Waals surface area contributed by atoms with Crippen LogP contribution in [0.25, 0.3) is 89.5 Å². The van der Waals surface area contributed by atoms with Crippen molar-refractivity contribution in [2.75, 3.05) is 0 Å². The number of para-hydroxylation sites is 2. The van der Waals surface area contributed by atoms with E-state index in [2.05, 4.69) is 81.9 Å².